The van der Waals surface area contributed by atoms with Gasteiger partial charge in [0.1, 0.15) is 0 Å². The molecule has 1 atom stereocenters. The van der Waals surface area contributed by atoms with Crippen LogP contribution in [0.3, 0.4) is 0 Å². The number of morpholine rings is 1. The summed E-state index contributed by atoms with van der Waals surface area (Å²) >= 11 is 6.41. The molecule has 4 rings (SSSR count). The Balaban J connectivity index is 0.000000771. The number of benzene rings is 1. The van der Waals surface area contributed by atoms with Crippen molar-refractivity contribution in [2.75, 3.05) is 46.0 Å². The second-order valence-electron chi connectivity index (χ2n) is 9.76. The van der Waals surface area contributed by atoms with Gasteiger partial charge in [-0.3, -0.25) is 14.5 Å². The van der Waals surface area contributed by atoms with Crippen molar-refractivity contribution < 1.29 is 19.1 Å². The minimum Gasteiger partial charge on any atom is -0.468 e. The number of aryl methyl sites for hydroxylation is 1. The van der Waals surface area contributed by atoms with E-state index in [-0.39, 0.29) is 11.9 Å². The van der Waals surface area contributed by atoms with Crippen molar-refractivity contribution in [2.24, 2.45) is 7.05 Å². The normalized spacial score (nSPS) is 17.8. The van der Waals surface area contributed by atoms with Crippen molar-refractivity contribution in [2.45, 2.75) is 33.2 Å². The van der Waals surface area contributed by atoms with Crippen molar-refractivity contribution in [1.29, 1.82) is 0 Å². The third kappa shape index (κ3) is 7.29. The van der Waals surface area contributed by atoms with Gasteiger partial charge in [0, 0.05) is 66.8 Å². The fraction of sp³-hybridized carbons (Fsp3) is 0.419. The third-order valence-electron chi connectivity index (χ3n) is 7.49. The second-order valence-corrected chi connectivity index (χ2v) is 10.2. The highest BCUT2D eigenvalue weighted by Gasteiger charge is 2.33. The SMILES string of the molecule is C=CC1=C(C=C)CN(C(=O)c2ccc(Cl)cc2-c2cc(C)c(C)n2C)C(CN2CCOCC2)C1.CCOC=O. The molecule has 0 aliphatic carbocycles. The first-order valence-corrected chi connectivity index (χ1v) is 13.7. The fourth-order valence-electron chi connectivity index (χ4n) is 5.05. The van der Waals surface area contributed by atoms with Crippen LogP contribution in [0.1, 0.15) is 35.0 Å². The maximum Gasteiger partial charge on any atom is 0.293 e. The predicted molar refractivity (Wildman–Crippen MR) is 157 cm³/mol. The minimum absolute atomic E-state index is 0.0175. The van der Waals surface area contributed by atoms with E-state index in [1.807, 2.05) is 36.2 Å². The lowest BCUT2D eigenvalue weighted by Gasteiger charge is -2.41. The molecule has 3 heterocycles. The maximum absolute atomic E-state index is 14.2. The lowest BCUT2D eigenvalue weighted by atomic mass is 9.92. The van der Waals surface area contributed by atoms with Crippen LogP contribution in [-0.4, -0.2) is 78.8 Å². The smallest absolute Gasteiger partial charge is 0.293 e. The molecule has 1 unspecified atom stereocenters. The molecule has 7 nitrogen and oxygen atoms in total. The summed E-state index contributed by atoms with van der Waals surface area (Å²) < 4.78 is 11.8. The summed E-state index contributed by atoms with van der Waals surface area (Å²) in [5, 5.41) is 0.618. The standard InChI is InChI=1S/C28H34ClN3O2.C3H6O2/c1-6-21-15-24(18-31-10-12-34-13-11-31)32(17-22(21)7-2)28(33)25-9-8-23(29)16-26(25)27-14-19(3)20(4)30(27)5;1-2-5-3-4/h6-9,14,16,24H,1-2,10-13,15,17-18H2,3-5H3;3H,2H2,1H3. The molecule has 0 bridgehead atoms. The van der Waals surface area contributed by atoms with Crippen molar-refractivity contribution in [1.82, 2.24) is 14.4 Å². The van der Waals surface area contributed by atoms with Crippen LogP contribution in [-0.2, 0) is 21.3 Å². The van der Waals surface area contributed by atoms with Gasteiger partial charge in [-0.1, -0.05) is 36.9 Å². The largest absolute Gasteiger partial charge is 0.468 e. The molecule has 1 amide bonds. The van der Waals surface area contributed by atoms with E-state index in [0.717, 1.165) is 56.1 Å². The van der Waals surface area contributed by atoms with E-state index in [1.165, 1.54) is 16.8 Å². The number of rotatable bonds is 8. The molecule has 1 saturated heterocycles. The molecule has 0 radical (unpaired) electrons. The highest BCUT2D eigenvalue weighted by molar-refractivity contribution is 6.31. The Morgan fingerprint density at radius 1 is 1.15 bits per heavy atom. The summed E-state index contributed by atoms with van der Waals surface area (Å²) in [6, 6.07) is 7.75. The quantitative estimate of drug-likeness (QED) is 0.412. The number of halogens is 1. The number of amides is 1. The van der Waals surface area contributed by atoms with Crippen molar-refractivity contribution >= 4 is 24.0 Å². The number of hydrogen-bond donors (Lipinski definition) is 0. The highest BCUT2D eigenvalue weighted by atomic mass is 35.5. The molecule has 1 fully saturated rings. The lowest BCUT2D eigenvalue weighted by Crippen LogP contribution is -2.51. The zero-order valence-electron chi connectivity index (χ0n) is 23.5. The van der Waals surface area contributed by atoms with Crippen LogP contribution in [0.25, 0.3) is 11.3 Å². The molecule has 2 aromatic rings. The Hall–Kier alpha value is -3.13. The zero-order chi connectivity index (χ0) is 28.5. The molecule has 2 aliphatic rings. The van der Waals surface area contributed by atoms with Crippen LogP contribution >= 0.6 is 11.6 Å². The van der Waals surface area contributed by atoms with Gasteiger partial charge in [-0.05, 0) is 68.2 Å². The van der Waals surface area contributed by atoms with Crippen LogP contribution in [0.5, 0.6) is 0 Å². The number of hydrogen-bond acceptors (Lipinski definition) is 5. The van der Waals surface area contributed by atoms with Gasteiger partial charge in [-0.25, -0.2) is 0 Å². The van der Waals surface area contributed by atoms with Crippen molar-refractivity contribution in [3.05, 3.63) is 82.6 Å². The highest BCUT2D eigenvalue weighted by Crippen LogP contribution is 2.33. The van der Waals surface area contributed by atoms with E-state index >= 15 is 0 Å². The Morgan fingerprint density at radius 2 is 1.85 bits per heavy atom. The van der Waals surface area contributed by atoms with Crippen LogP contribution < -0.4 is 0 Å². The number of carbonyl (C=O) groups is 2. The van der Waals surface area contributed by atoms with E-state index < -0.39 is 0 Å². The monoisotopic (exact) mass is 553 g/mol. The molecule has 8 heteroatoms. The van der Waals surface area contributed by atoms with Crippen molar-refractivity contribution in [3.63, 3.8) is 0 Å². The predicted octanol–water partition coefficient (Wildman–Crippen LogP) is 5.36. The Bertz CT molecular complexity index is 1230. The molecule has 0 N–H and O–H groups in total. The summed E-state index contributed by atoms with van der Waals surface area (Å²) in [4.78, 5) is 27.7. The molecule has 0 saturated carbocycles. The summed E-state index contributed by atoms with van der Waals surface area (Å²) in [6.45, 7) is 19.4. The van der Waals surface area contributed by atoms with E-state index in [1.54, 1.807) is 13.0 Å². The van der Waals surface area contributed by atoms with E-state index in [4.69, 9.17) is 16.3 Å². The molecule has 0 spiro atoms. The number of carbonyl (C=O) groups excluding carboxylic acids is 2. The van der Waals surface area contributed by atoms with E-state index in [2.05, 4.69) is 47.3 Å². The van der Waals surface area contributed by atoms with Gasteiger partial charge in [-0.15, -0.1) is 0 Å². The van der Waals surface area contributed by atoms with Crippen LogP contribution in [0.15, 0.2) is 60.7 Å². The Labute approximate surface area is 237 Å². The number of aromatic nitrogens is 1. The number of nitrogens with zero attached hydrogens (tertiary/aromatic N) is 3. The second kappa shape index (κ2) is 14.3. The topological polar surface area (TPSA) is 64.0 Å². The first-order chi connectivity index (χ1) is 18.7. The Morgan fingerprint density at radius 3 is 2.38 bits per heavy atom. The molecular weight excluding hydrogens is 514 g/mol. The fourth-order valence-corrected chi connectivity index (χ4v) is 5.22. The van der Waals surface area contributed by atoms with Gasteiger partial charge in [-0.2, -0.15) is 0 Å². The molecule has 1 aromatic carbocycles. The summed E-state index contributed by atoms with van der Waals surface area (Å²) in [5.74, 6) is 0.0175. The van der Waals surface area contributed by atoms with E-state index in [0.29, 0.717) is 30.2 Å². The molecule has 39 heavy (non-hydrogen) atoms. The molecule has 210 valence electrons. The van der Waals surface area contributed by atoms with Gasteiger partial charge < -0.3 is 18.9 Å². The Kier molecular flexibility index (Phi) is 11.2. The van der Waals surface area contributed by atoms with Gasteiger partial charge in [0.25, 0.3) is 12.4 Å². The minimum atomic E-state index is 0.0175. The van der Waals surface area contributed by atoms with Gasteiger partial charge in [0.2, 0.25) is 0 Å². The molecular formula is C31H40ClN3O4. The average Bonchev–Trinajstić information content (AvgIpc) is 3.20. The van der Waals surface area contributed by atoms with Crippen LogP contribution in [0.4, 0.5) is 0 Å². The van der Waals surface area contributed by atoms with Gasteiger partial charge >= 0.3 is 0 Å². The number of ether oxygens (including phenoxy) is 2. The summed E-state index contributed by atoms with van der Waals surface area (Å²) in [6.07, 6.45) is 4.53. The molecule has 1 aromatic heterocycles. The first kappa shape index (κ1) is 30.4. The van der Waals surface area contributed by atoms with Crippen LogP contribution in [0.2, 0.25) is 5.02 Å². The maximum atomic E-state index is 14.2. The van der Waals surface area contributed by atoms with Crippen LogP contribution in [0, 0.1) is 13.8 Å². The van der Waals surface area contributed by atoms with Gasteiger partial charge in [0.15, 0.2) is 0 Å². The van der Waals surface area contributed by atoms with Crippen molar-refractivity contribution in [3.8, 4) is 11.3 Å². The zero-order valence-corrected chi connectivity index (χ0v) is 24.3. The lowest BCUT2D eigenvalue weighted by molar-refractivity contribution is -0.128. The number of allylic oxidation sites excluding steroid dienone is 1. The summed E-state index contributed by atoms with van der Waals surface area (Å²) in [7, 11) is 2.03. The third-order valence-corrected chi connectivity index (χ3v) is 7.72. The molecule has 2 aliphatic heterocycles. The summed E-state index contributed by atoms with van der Waals surface area (Å²) in [5.41, 5.74) is 7.11. The van der Waals surface area contributed by atoms with Gasteiger partial charge in [0.05, 0.1) is 19.8 Å². The first-order valence-electron chi connectivity index (χ1n) is 13.3. The van der Waals surface area contributed by atoms with E-state index in [9.17, 15) is 9.59 Å². The average molecular weight is 554 g/mol.